The van der Waals surface area contributed by atoms with Crippen LogP contribution in [0.3, 0.4) is 0 Å². The molecule has 0 unspecified atom stereocenters. The Hall–Kier alpha value is -1.18. The summed E-state index contributed by atoms with van der Waals surface area (Å²) < 4.78 is 11.8. The van der Waals surface area contributed by atoms with Crippen molar-refractivity contribution in [1.29, 1.82) is 0 Å². The third kappa shape index (κ3) is 8.64. The van der Waals surface area contributed by atoms with Gasteiger partial charge in [-0.05, 0) is 42.2 Å². The zero-order valence-electron chi connectivity index (χ0n) is 14.7. The fraction of sp³-hybridized carbons (Fsp3) is 0.684. The Balaban J connectivity index is 2.41. The van der Waals surface area contributed by atoms with E-state index < -0.39 is 0 Å². The molecule has 0 aliphatic carbocycles. The van der Waals surface area contributed by atoms with Gasteiger partial charge in [0.2, 0.25) is 0 Å². The fourth-order valence-electron chi connectivity index (χ4n) is 1.92. The second-order valence-corrected chi connectivity index (χ2v) is 8.16. The molecule has 21 heavy (non-hydrogen) atoms. The summed E-state index contributed by atoms with van der Waals surface area (Å²) in [6.07, 6.45) is 3.53. The first-order valence-corrected chi connectivity index (χ1v) is 8.02. The molecule has 0 atom stereocenters. The van der Waals surface area contributed by atoms with Gasteiger partial charge in [0.25, 0.3) is 0 Å². The van der Waals surface area contributed by atoms with E-state index in [0.717, 1.165) is 24.5 Å². The summed E-state index contributed by atoms with van der Waals surface area (Å²) >= 11 is 0. The maximum absolute atomic E-state index is 5.89. The molecular formula is C19H32O2. The van der Waals surface area contributed by atoms with Crippen LogP contribution in [0.4, 0.5) is 0 Å². The predicted molar refractivity (Wildman–Crippen MR) is 90.2 cm³/mol. The predicted octanol–water partition coefficient (Wildman–Crippen LogP) is 5.71. The minimum atomic E-state index is 0.153. The van der Waals surface area contributed by atoms with E-state index in [9.17, 15) is 0 Å². The molecule has 120 valence electrons. The standard InChI is InChI=1S/C19H32O2/c1-18(2,3)13-9-10-14-20-16-11-7-8-12-17(16)21-15-19(4,5)6/h7-8,11-12H,9-10,13-15H2,1-6H3. The van der Waals surface area contributed by atoms with Crippen molar-refractivity contribution in [3.63, 3.8) is 0 Å². The number of hydrogen-bond acceptors (Lipinski definition) is 2. The van der Waals surface area contributed by atoms with Crippen LogP contribution in [0, 0.1) is 10.8 Å². The largest absolute Gasteiger partial charge is 0.490 e. The minimum Gasteiger partial charge on any atom is -0.490 e. The van der Waals surface area contributed by atoms with Crippen molar-refractivity contribution in [2.45, 2.75) is 60.8 Å². The minimum absolute atomic E-state index is 0.153. The van der Waals surface area contributed by atoms with E-state index in [0.29, 0.717) is 12.0 Å². The maximum atomic E-state index is 5.89. The summed E-state index contributed by atoms with van der Waals surface area (Å²) in [5.41, 5.74) is 0.563. The molecule has 0 aliphatic rings. The SMILES string of the molecule is CC(C)(C)CCCCOc1ccccc1OCC(C)(C)C. The molecule has 1 aromatic rings. The van der Waals surface area contributed by atoms with Gasteiger partial charge in [0.15, 0.2) is 11.5 Å². The number of ether oxygens (including phenoxy) is 2. The number of benzene rings is 1. The molecule has 0 saturated heterocycles. The average Bonchev–Trinajstić information content (AvgIpc) is 2.35. The second kappa shape index (κ2) is 7.72. The zero-order chi connectivity index (χ0) is 15.9. The summed E-state index contributed by atoms with van der Waals surface area (Å²) in [6.45, 7) is 14.8. The van der Waals surface area contributed by atoms with Gasteiger partial charge in [0.05, 0.1) is 13.2 Å². The van der Waals surface area contributed by atoms with E-state index in [2.05, 4.69) is 41.5 Å². The fourth-order valence-corrected chi connectivity index (χ4v) is 1.92. The molecule has 2 nitrogen and oxygen atoms in total. The van der Waals surface area contributed by atoms with Gasteiger partial charge in [-0.1, -0.05) is 53.7 Å². The highest BCUT2D eigenvalue weighted by molar-refractivity contribution is 5.39. The first kappa shape index (κ1) is 17.9. The highest BCUT2D eigenvalue weighted by atomic mass is 16.5. The zero-order valence-corrected chi connectivity index (χ0v) is 14.7. The molecule has 0 saturated carbocycles. The van der Waals surface area contributed by atoms with Crippen LogP contribution in [0.2, 0.25) is 0 Å². The van der Waals surface area contributed by atoms with Crippen molar-refractivity contribution in [2.24, 2.45) is 10.8 Å². The molecule has 1 rings (SSSR count). The van der Waals surface area contributed by atoms with Crippen LogP contribution in [0.15, 0.2) is 24.3 Å². The molecule has 0 heterocycles. The molecular weight excluding hydrogens is 260 g/mol. The lowest BCUT2D eigenvalue weighted by Crippen LogP contribution is -2.17. The summed E-state index contributed by atoms with van der Waals surface area (Å²) in [6, 6.07) is 7.96. The quantitative estimate of drug-likeness (QED) is 0.599. The highest BCUT2D eigenvalue weighted by Gasteiger charge is 2.13. The Labute approximate surface area is 130 Å². The maximum Gasteiger partial charge on any atom is 0.161 e. The van der Waals surface area contributed by atoms with Crippen molar-refractivity contribution >= 4 is 0 Å². The van der Waals surface area contributed by atoms with Crippen molar-refractivity contribution in [2.75, 3.05) is 13.2 Å². The summed E-state index contributed by atoms with van der Waals surface area (Å²) in [5, 5.41) is 0. The molecule has 1 aromatic carbocycles. The first-order valence-electron chi connectivity index (χ1n) is 8.02. The number of unbranched alkanes of at least 4 members (excludes halogenated alkanes) is 1. The van der Waals surface area contributed by atoms with Crippen LogP contribution in [0.1, 0.15) is 60.8 Å². The Kier molecular flexibility index (Phi) is 6.57. The van der Waals surface area contributed by atoms with Gasteiger partial charge in [-0.2, -0.15) is 0 Å². The van der Waals surface area contributed by atoms with E-state index in [1.165, 1.54) is 12.8 Å². The topological polar surface area (TPSA) is 18.5 Å². The van der Waals surface area contributed by atoms with Crippen LogP contribution in [-0.2, 0) is 0 Å². The smallest absolute Gasteiger partial charge is 0.161 e. The van der Waals surface area contributed by atoms with Crippen molar-refractivity contribution in [3.8, 4) is 11.5 Å². The van der Waals surface area contributed by atoms with Gasteiger partial charge < -0.3 is 9.47 Å². The summed E-state index contributed by atoms with van der Waals surface area (Å²) in [5.74, 6) is 1.71. The van der Waals surface area contributed by atoms with Crippen LogP contribution in [-0.4, -0.2) is 13.2 Å². The van der Waals surface area contributed by atoms with Crippen molar-refractivity contribution < 1.29 is 9.47 Å². The lowest BCUT2D eigenvalue weighted by atomic mass is 9.90. The van der Waals surface area contributed by atoms with Crippen LogP contribution < -0.4 is 9.47 Å². The molecule has 0 spiro atoms. The lowest BCUT2D eigenvalue weighted by molar-refractivity contribution is 0.186. The van der Waals surface area contributed by atoms with Crippen LogP contribution in [0.5, 0.6) is 11.5 Å². The van der Waals surface area contributed by atoms with Crippen LogP contribution in [0.25, 0.3) is 0 Å². The second-order valence-electron chi connectivity index (χ2n) is 8.16. The van der Waals surface area contributed by atoms with Gasteiger partial charge in [-0.15, -0.1) is 0 Å². The number of para-hydroxylation sites is 2. The monoisotopic (exact) mass is 292 g/mol. The molecule has 0 fully saturated rings. The molecule has 0 N–H and O–H groups in total. The van der Waals surface area contributed by atoms with Gasteiger partial charge in [0, 0.05) is 0 Å². The van der Waals surface area contributed by atoms with E-state index in [4.69, 9.17) is 9.47 Å². The lowest BCUT2D eigenvalue weighted by Gasteiger charge is -2.20. The number of rotatable bonds is 7. The van der Waals surface area contributed by atoms with E-state index in [1.54, 1.807) is 0 Å². The van der Waals surface area contributed by atoms with Gasteiger partial charge in [-0.25, -0.2) is 0 Å². The third-order valence-electron chi connectivity index (χ3n) is 3.09. The Bertz CT molecular complexity index is 410. The molecule has 0 aliphatic heterocycles. The average molecular weight is 292 g/mol. The molecule has 0 bridgehead atoms. The molecule has 2 heteroatoms. The van der Waals surface area contributed by atoms with E-state index >= 15 is 0 Å². The van der Waals surface area contributed by atoms with Crippen LogP contribution >= 0.6 is 0 Å². The summed E-state index contributed by atoms with van der Waals surface area (Å²) in [4.78, 5) is 0. The highest BCUT2D eigenvalue weighted by Crippen LogP contribution is 2.29. The molecule has 0 amide bonds. The van der Waals surface area contributed by atoms with Crippen molar-refractivity contribution in [1.82, 2.24) is 0 Å². The van der Waals surface area contributed by atoms with E-state index in [1.807, 2.05) is 24.3 Å². The van der Waals surface area contributed by atoms with Crippen molar-refractivity contribution in [3.05, 3.63) is 24.3 Å². The van der Waals surface area contributed by atoms with Gasteiger partial charge >= 0.3 is 0 Å². The van der Waals surface area contributed by atoms with Gasteiger partial charge in [0.1, 0.15) is 0 Å². The first-order chi connectivity index (χ1) is 9.67. The Morgan fingerprint density at radius 3 is 1.86 bits per heavy atom. The van der Waals surface area contributed by atoms with Gasteiger partial charge in [-0.3, -0.25) is 0 Å². The summed E-state index contributed by atoms with van der Waals surface area (Å²) in [7, 11) is 0. The normalized spacial score (nSPS) is 12.3. The van der Waals surface area contributed by atoms with E-state index in [-0.39, 0.29) is 5.41 Å². The number of hydrogen-bond donors (Lipinski definition) is 0. The third-order valence-corrected chi connectivity index (χ3v) is 3.09. The Morgan fingerprint density at radius 1 is 0.762 bits per heavy atom. The Morgan fingerprint density at radius 2 is 1.33 bits per heavy atom. The molecule has 0 radical (unpaired) electrons. The molecule has 0 aromatic heterocycles.